The predicted octanol–water partition coefficient (Wildman–Crippen LogP) is 1.99. The fourth-order valence-corrected chi connectivity index (χ4v) is 2.66. The Morgan fingerprint density at radius 3 is 2.88 bits per heavy atom. The van der Waals surface area contributed by atoms with E-state index in [1.54, 1.807) is 6.92 Å². The van der Waals surface area contributed by atoms with Gasteiger partial charge < -0.3 is 15.2 Å². The quantitative estimate of drug-likeness (QED) is 0.862. The maximum atomic E-state index is 10.9. The number of nitrogens with zero attached hydrogens (tertiary/aromatic N) is 1. The maximum absolute atomic E-state index is 10.9. The highest BCUT2D eigenvalue weighted by Gasteiger charge is 2.16. The first-order valence-corrected chi connectivity index (χ1v) is 6.51. The van der Waals surface area contributed by atoms with Gasteiger partial charge in [0.25, 0.3) is 0 Å². The molecule has 0 radical (unpaired) electrons. The number of nitrogens with one attached hydrogen (secondary N) is 1. The van der Waals surface area contributed by atoms with E-state index in [0.29, 0.717) is 21.6 Å². The van der Waals surface area contributed by atoms with Gasteiger partial charge in [-0.2, -0.15) is 0 Å². The smallest absolute Gasteiger partial charge is 0.347 e. The molecule has 0 bridgehead atoms. The van der Waals surface area contributed by atoms with Crippen LogP contribution in [0.1, 0.15) is 28.2 Å². The number of rotatable bonds is 4. The normalized spacial score (nSPS) is 17.0. The second kappa shape index (κ2) is 5.46. The van der Waals surface area contributed by atoms with Crippen LogP contribution >= 0.6 is 11.3 Å². The molecule has 1 aliphatic rings. The van der Waals surface area contributed by atoms with Gasteiger partial charge in [0.2, 0.25) is 0 Å². The lowest BCUT2D eigenvalue weighted by molar-refractivity contribution is 0.0697. The first kappa shape index (κ1) is 12.3. The summed E-state index contributed by atoms with van der Waals surface area (Å²) in [6.07, 6.45) is 2.12. The minimum atomic E-state index is -0.904. The SMILES string of the molecule is Cc1nc(NCC2CCOCC2)sc1C(=O)O. The molecule has 1 aromatic rings. The summed E-state index contributed by atoms with van der Waals surface area (Å²) in [5, 5.41) is 12.8. The maximum Gasteiger partial charge on any atom is 0.347 e. The zero-order valence-corrected chi connectivity index (χ0v) is 10.5. The third-order valence-corrected chi connectivity index (χ3v) is 3.98. The molecule has 1 aliphatic heterocycles. The van der Waals surface area contributed by atoms with Gasteiger partial charge >= 0.3 is 5.97 Å². The van der Waals surface area contributed by atoms with Crippen molar-refractivity contribution < 1.29 is 14.6 Å². The molecule has 2 heterocycles. The van der Waals surface area contributed by atoms with E-state index in [-0.39, 0.29) is 0 Å². The van der Waals surface area contributed by atoms with E-state index < -0.39 is 5.97 Å². The second-order valence-corrected chi connectivity index (χ2v) is 5.17. The van der Waals surface area contributed by atoms with Crippen LogP contribution in [-0.4, -0.2) is 35.8 Å². The van der Waals surface area contributed by atoms with Crippen LogP contribution in [0.25, 0.3) is 0 Å². The highest BCUT2D eigenvalue weighted by Crippen LogP contribution is 2.23. The van der Waals surface area contributed by atoms with Crippen LogP contribution in [0.3, 0.4) is 0 Å². The number of anilines is 1. The number of ether oxygens (including phenoxy) is 1. The summed E-state index contributed by atoms with van der Waals surface area (Å²) in [4.78, 5) is 15.4. The highest BCUT2D eigenvalue weighted by molar-refractivity contribution is 7.17. The molecular weight excluding hydrogens is 240 g/mol. The van der Waals surface area contributed by atoms with E-state index in [1.807, 2.05) is 0 Å². The van der Waals surface area contributed by atoms with Gasteiger partial charge in [0, 0.05) is 19.8 Å². The monoisotopic (exact) mass is 256 g/mol. The lowest BCUT2D eigenvalue weighted by Crippen LogP contribution is -2.22. The molecule has 0 aliphatic carbocycles. The fourth-order valence-electron chi connectivity index (χ4n) is 1.85. The molecule has 0 unspecified atom stereocenters. The van der Waals surface area contributed by atoms with Gasteiger partial charge in [-0.1, -0.05) is 11.3 Å². The van der Waals surface area contributed by atoms with E-state index in [1.165, 1.54) is 11.3 Å². The van der Waals surface area contributed by atoms with Crippen LogP contribution in [0.5, 0.6) is 0 Å². The number of aromatic carboxylic acids is 1. The van der Waals surface area contributed by atoms with Crippen LogP contribution < -0.4 is 5.32 Å². The van der Waals surface area contributed by atoms with Gasteiger partial charge in [-0.25, -0.2) is 9.78 Å². The Labute approximate surface area is 104 Å². The molecule has 0 aromatic carbocycles. The summed E-state index contributed by atoms with van der Waals surface area (Å²) in [5.74, 6) is -0.305. The van der Waals surface area contributed by atoms with Crippen molar-refractivity contribution in [2.45, 2.75) is 19.8 Å². The number of carbonyl (C=O) groups is 1. The van der Waals surface area contributed by atoms with Gasteiger partial charge in [0.05, 0.1) is 5.69 Å². The summed E-state index contributed by atoms with van der Waals surface area (Å²) >= 11 is 1.20. The zero-order valence-electron chi connectivity index (χ0n) is 9.73. The topological polar surface area (TPSA) is 71.5 Å². The van der Waals surface area contributed by atoms with Crippen molar-refractivity contribution in [3.05, 3.63) is 10.6 Å². The average Bonchev–Trinajstić information content (AvgIpc) is 2.69. The van der Waals surface area contributed by atoms with Crippen molar-refractivity contribution in [2.75, 3.05) is 25.1 Å². The van der Waals surface area contributed by atoms with Crippen LogP contribution in [0.15, 0.2) is 0 Å². The number of carboxylic acid groups (broad SMARTS) is 1. The number of hydrogen-bond acceptors (Lipinski definition) is 5. The molecule has 0 saturated carbocycles. The van der Waals surface area contributed by atoms with Crippen LogP contribution in [0.4, 0.5) is 5.13 Å². The second-order valence-electron chi connectivity index (χ2n) is 4.18. The van der Waals surface area contributed by atoms with Crippen molar-refractivity contribution in [1.82, 2.24) is 4.98 Å². The van der Waals surface area contributed by atoms with Crippen molar-refractivity contribution in [2.24, 2.45) is 5.92 Å². The van der Waals surface area contributed by atoms with Gasteiger partial charge in [-0.15, -0.1) is 0 Å². The standard InChI is InChI=1S/C11H16N2O3S/c1-7-9(10(14)15)17-11(13-7)12-6-8-2-4-16-5-3-8/h8H,2-6H2,1H3,(H,12,13)(H,14,15). The zero-order chi connectivity index (χ0) is 12.3. The number of carboxylic acids is 1. The number of aryl methyl sites for hydroxylation is 1. The van der Waals surface area contributed by atoms with Crippen LogP contribution in [0, 0.1) is 12.8 Å². The minimum absolute atomic E-state index is 0.319. The Morgan fingerprint density at radius 2 is 2.29 bits per heavy atom. The fraction of sp³-hybridized carbons (Fsp3) is 0.636. The summed E-state index contributed by atoms with van der Waals surface area (Å²) in [6.45, 7) is 4.21. The largest absolute Gasteiger partial charge is 0.477 e. The molecule has 0 atom stereocenters. The number of aromatic nitrogens is 1. The number of hydrogen-bond donors (Lipinski definition) is 2. The van der Waals surface area contributed by atoms with Crippen molar-refractivity contribution in [3.63, 3.8) is 0 Å². The lowest BCUT2D eigenvalue weighted by atomic mass is 10.0. The van der Waals surface area contributed by atoms with Crippen molar-refractivity contribution >= 4 is 22.4 Å². The van der Waals surface area contributed by atoms with E-state index >= 15 is 0 Å². The average molecular weight is 256 g/mol. The molecule has 5 nitrogen and oxygen atoms in total. The molecule has 1 fully saturated rings. The van der Waals surface area contributed by atoms with E-state index in [2.05, 4.69) is 10.3 Å². The van der Waals surface area contributed by atoms with Gasteiger partial charge in [0.15, 0.2) is 5.13 Å². The Kier molecular flexibility index (Phi) is 3.96. The van der Waals surface area contributed by atoms with Crippen LogP contribution in [0.2, 0.25) is 0 Å². The molecule has 0 amide bonds. The van der Waals surface area contributed by atoms with Gasteiger partial charge in [-0.3, -0.25) is 0 Å². The van der Waals surface area contributed by atoms with Gasteiger partial charge in [0.1, 0.15) is 4.88 Å². The first-order chi connectivity index (χ1) is 8.16. The molecule has 2 N–H and O–H groups in total. The van der Waals surface area contributed by atoms with Crippen molar-refractivity contribution in [1.29, 1.82) is 0 Å². The molecule has 94 valence electrons. The van der Waals surface area contributed by atoms with E-state index in [4.69, 9.17) is 9.84 Å². The molecular formula is C11H16N2O3S. The summed E-state index contributed by atoms with van der Waals surface area (Å²) in [7, 11) is 0. The van der Waals surface area contributed by atoms with Crippen molar-refractivity contribution in [3.8, 4) is 0 Å². The summed E-state index contributed by atoms with van der Waals surface area (Å²) in [6, 6.07) is 0. The third-order valence-electron chi connectivity index (χ3n) is 2.87. The van der Waals surface area contributed by atoms with E-state index in [9.17, 15) is 4.79 Å². The molecule has 2 rings (SSSR count). The molecule has 0 spiro atoms. The Balaban J connectivity index is 1.90. The van der Waals surface area contributed by atoms with E-state index in [0.717, 1.165) is 32.6 Å². The Hall–Kier alpha value is -1.14. The number of thiazole rings is 1. The highest BCUT2D eigenvalue weighted by atomic mass is 32.1. The van der Waals surface area contributed by atoms with Gasteiger partial charge in [-0.05, 0) is 25.7 Å². The summed E-state index contributed by atoms with van der Waals surface area (Å²) < 4.78 is 5.29. The molecule has 6 heteroatoms. The molecule has 1 saturated heterocycles. The Bertz CT molecular complexity index is 399. The van der Waals surface area contributed by atoms with Crippen LogP contribution in [-0.2, 0) is 4.74 Å². The Morgan fingerprint density at radius 1 is 1.59 bits per heavy atom. The summed E-state index contributed by atoms with van der Waals surface area (Å²) in [5.41, 5.74) is 0.581. The molecule has 1 aromatic heterocycles. The lowest BCUT2D eigenvalue weighted by Gasteiger charge is -2.21. The minimum Gasteiger partial charge on any atom is -0.477 e. The molecule has 17 heavy (non-hydrogen) atoms. The third kappa shape index (κ3) is 3.17. The first-order valence-electron chi connectivity index (χ1n) is 5.69. The predicted molar refractivity (Wildman–Crippen MR) is 65.8 cm³/mol.